The molecular weight excluding hydrogens is 246 g/mol. The summed E-state index contributed by atoms with van der Waals surface area (Å²) < 4.78 is 0. The molecule has 0 radical (unpaired) electrons. The van der Waals surface area contributed by atoms with Crippen molar-refractivity contribution in [3.05, 3.63) is 35.4 Å². The van der Waals surface area contributed by atoms with Crippen molar-refractivity contribution in [1.29, 1.82) is 0 Å². The standard InChI is InChI=1S/C18H29NO/c1-6-12-10-8-9-11-13(12)16-17(20)15(18(3,4)5)14(7-2)19-16/h8-11,14-17,19-20H,6-7H2,1-5H3. The second kappa shape index (κ2) is 5.87. The summed E-state index contributed by atoms with van der Waals surface area (Å²) in [6.45, 7) is 11.1. The van der Waals surface area contributed by atoms with Gasteiger partial charge in [0.25, 0.3) is 0 Å². The molecule has 0 bridgehead atoms. The molecular formula is C18H29NO. The number of aliphatic hydroxyl groups excluding tert-OH is 1. The average Bonchev–Trinajstić information content (AvgIpc) is 2.75. The first-order chi connectivity index (χ1) is 9.40. The molecule has 2 rings (SSSR count). The first-order valence-electron chi connectivity index (χ1n) is 7.92. The van der Waals surface area contributed by atoms with Gasteiger partial charge in [-0.2, -0.15) is 0 Å². The van der Waals surface area contributed by atoms with Gasteiger partial charge in [0.15, 0.2) is 0 Å². The highest BCUT2D eigenvalue weighted by molar-refractivity contribution is 5.32. The van der Waals surface area contributed by atoms with E-state index in [4.69, 9.17) is 0 Å². The van der Waals surface area contributed by atoms with Crippen LogP contribution < -0.4 is 5.32 Å². The molecule has 1 heterocycles. The van der Waals surface area contributed by atoms with Gasteiger partial charge < -0.3 is 10.4 Å². The van der Waals surface area contributed by atoms with Crippen LogP contribution in [-0.4, -0.2) is 17.3 Å². The summed E-state index contributed by atoms with van der Waals surface area (Å²) in [5.74, 6) is 0.294. The van der Waals surface area contributed by atoms with E-state index in [1.54, 1.807) is 0 Å². The third kappa shape index (κ3) is 2.77. The molecule has 0 amide bonds. The van der Waals surface area contributed by atoms with Gasteiger partial charge in [0, 0.05) is 12.0 Å². The zero-order valence-corrected chi connectivity index (χ0v) is 13.5. The maximum absolute atomic E-state index is 10.9. The zero-order chi connectivity index (χ0) is 14.9. The fourth-order valence-corrected chi connectivity index (χ4v) is 3.80. The van der Waals surface area contributed by atoms with Gasteiger partial charge in [-0.25, -0.2) is 0 Å². The van der Waals surface area contributed by atoms with Crippen molar-refractivity contribution in [2.24, 2.45) is 11.3 Å². The molecule has 2 N–H and O–H groups in total. The van der Waals surface area contributed by atoms with Crippen molar-refractivity contribution in [2.45, 2.75) is 65.6 Å². The molecule has 20 heavy (non-hydrogen) atoms. The van der Waals surface area contributed by atoms with Gasteiger partial charge in [0.05, 0.1) is 12.1 Å². The van der Waals surface area contributed by atoms with E-state index in [9.17, 15) is 5.11 Å². The lowest BCUT2D eigenvalue weighted by Crippen LogP contribution is -2.37. The van der Waals surface area contributed by atoms with Crippen LogP contribution in [0.25, 0.3) is 0 Å². The number of aliphatic hydroxyl groups is 1. The van der Waals surface area contributed by atoms with Crippen LogP contribution >= 0.6 is 0 Å². The largest absolute Gasteiger partial charge is 0.391 e. The third-order valence-electron chi connectivity index (χ3n) is 4.75. The molecule has 1 aromatic carbocycles. The van der Waals surface area contributed by atoms with Crippen molar-refractivity contribution in [2.75, 3.05) is 0 Å². The molecule has 0 saturated carbocycles. The average molecular weight is 275 g/mol. The van der Waals surface area contributed by atoms with Gasteiger partial charge in [0.1, 0.15) is 0 Å². The lowest BCUT2D eigenvalue weighted by atomic mass is 9.73. The number of hydrogen-bond acceptors (Lipinski definition) is 2. The van der Waals surface area contributed by atoms with Crippen LogP contribution in [0.2, 0.25) is 0 Å². The van der Waals surface area contributed by atoms with Crippen LogP contribution in [0.15, 0.2) is 24.3 Å². The van der Waals surface area contributed by atoms with Crippen molar-refractivity contribution in [3.63, 3.8) is 0 Å². The maximum Gasteiger partial charge on any atom is 0.0783 e. The van der Waals surface area contributed by atoms with Gasteiger partial charge in [-0.3, -0.25) is 0 Å². The fourth-order valence-electron chi connectivity index (χ4n) is 3.80. The lowest BCUT2D eigenvalue weighted by molar-refractivity contribution is 0.0501. The summed E-state index contributed by atoms with van der Waals surface area (Å²) in [6, 6.07) is 8.96. The molecule has 1 aliphatic heterocycles. The van der Waals surface area contributed by atoms with Gasteiger partial charge in [0.2, 0.25) is 0 Å². The predicted molar refractivity (Wildman–Crippen MR) is 84.7 cm³/mol. The van der Waals surface area contributed by atoms with Crippen LogP contribution in [0.1, 0.15) is 58.2 Å². The zero-order valence-electron chi connectivity index (χ0n) is 13.5. The van der Waals surface area contributed by atoms with Crippen LogP contribution in [0.5, 0.6) is 0 Å². The quantitative estimate of drug-likeness (QED) is 0.881. The lowest BCUT2D eigenvalue weighted by Gasteiger charge is -2.33. The van der Waals surface area contributed by atoms with E-state index < -0.39 is 0 Å². The molecule has 1 fully saturated rings. The van der Waals surface area contributed by atoms with Gasteiger partial charge in [-0.15, -0.1) is 0 Å². The van der Waals surface area contributed by atoms with Crippen molar-refractivity contribution >= 4 is 0 Å². The number of aryl methyl sites for hydroxylation is 1. The molecule has 1 aliphatic rings. The smallest absolute Gasteiger partial charge is 0.0783 e. The molecule has 2 heteroatoms. The Balaban J connectivity index is 2.35. The monoisotopic (exact) mass is 275 g/mol. The molecule has 2 nitrogen and oxygen atoms in total. The molecule has 1 saturated heterocycles. The van der Waals surface area contributed by atoms with Crippen LogP contribution in [0.4, 0.5) is 0 Å². The topological polar surface area (TPSA) is 32.3 Å². The van der Waals surface area contributed by atoms with Gasteiger partial charge in [-0.05, 0) is 29.4 Å². The SMILES string of the molecule is CCc1ccccc1C1NC(CC)C(C(C)(C)C)C1O. The van der Waals surface area contributed by atoms with E-state index in [2.05, 4.69) is 64.2 Å². The van der Waals surface area contributed by atoms with E-state index in [1.165, 1.54) is 11.1 Å². The van der Waals surface area contributed by atoms with Crippen molar-refractivity contribution in [1.82, 2.24) is 5.32 Å². The second-order valence-corrected chi connectivity index (χ2v) is 7.09. The highest BCUT2D eigenvalue weighted by atomic mass is 16.3. The Morgan fingerprint density at radius 2 is 1.80 bits per heavy atom. The van der Waals surface area contributed by atoms with Crippen molar-refractivity contribution < 1.29 is 5.11 Å². The third-order valence-corrected chi connectivity index (χ3v) is 4.75. The Hall–Kier alpha value is -0.860. The highest BCUT2D eigenvalue weighted by Crippen LogP contribution is 2.43. The Morgan fingerprint density at radius 1 is 1.15 bits per heavy atom. The summed E-state index contributed by atoms with van der Waals surface area (Å²) >= 11 is 0. The molecule has 1 aromatic rings. The van der Waals surface area contributed by atoms with E-state index in [1.807, 2.05) is 0 Å². The number of rotatable bonds is 3. The molecule has 0 spiro atoms. The fraction of sp³-hybridized carbons (Fsp3) is 0.667. The predicted octanol–water partition coefficient (Wildman–Crippen LogP) is 3.70. The van der Waals surface area contributed by atoms with E-state index in [-0.39, 0.29) is 17.6 Å². The Morgan fingerprint density at radius 3 is 2.30 bits per heavy atom. The maximum atomic E-state index is 10.9. The number of hydrogen-bond donors (Lipinski definition) is 2. The minimum atomic E-state index is -0.312. The molecule has 0 aliphatic carbocycles. The first-order valence-corrected chi connectivity index (χ1v) is 7.92. The number of benzene rings is 1. The Kier molecular flexibility index (Phi) is 4.55. The molecule has 4 atom stereocenters. The van der Waals surface area contributed by atoms with E-state index in [0.29, 0.717) is 12.0 Å². The van der Waals surface area contributed by atoms with Crippen molar-refractivity contribution in [3.8, 4) is 0 Å². The number of nitrogens with one attached hydrogen (secondary N) is 1. The van der Waals surface area contributed by atoms with Crippen LogP contribution in [0, 0.1) is 11.3 Å². The van der Waals surface area contributed by atoms with E-state index >= 15 is 0 Å². The second-order valence-electron chi connectivity index (χ2n) is 7.09. The minimum absolute atomic E-state index is 0.0697. The highest BCUT2D eigenvalue weighted by Gasteiger charge is 2.47. The summed E-state index contributed by atoms with van der Waals surface area (Å²) in [6.07, 6.45) is 1.76. The Bertz CT molecular complexity index is 449. The summed E-state index contributed by atoms with van der Waals surface area (Å²) in [7, 11) is 0. The van der Waals surface area contributed by atoms with E-state index in [0.717, 1.165) is 12.8 Å². The molecule has 112 valence electrons. The summed E-state index contributed by atoms with van der Waals surface area (Å²) in [4.78, 5) is 0. The minimum Gasteiger partial charge on any atom is -0.391 e. The van der Waals surface area contributed by atoms with Crippen LogP contribution in [-0.2, 0) is 6.42 Å². The van der Waals surface area contributed by atoms with Crippen LogP contribution in [0.3, 0.4) is 0 Å². The molecule has 0 aromatic heterocycles. The summed E-state index contributed by atoms with van der Waals surface area (Å²) in [5.41, 5.74) is 2.73. The first kappa shape index (κ1) is 15.5. The summed E-state index contributed by atoms with van der Waals surface area (Å²) in [5, 5.41) is 14.6. The van der Waals surface area contributed by atoms with Gasteiger partial charge in [-0.1, -0.05) is 58.9 Å². The van der Waals surface area contributed by atoms with Gasteiger partial charge >= 0.3 is 0 Å². The molecule has 4 unspecified atom stereocenters. The Labute approximate surface area is 123 Å². The normalized spacial score (nSPS) is 30.7.